The van der Waals surface area contributed by atoms with E-state index in [-0.39, 0.29) is 0 Å². The second kappa shape index (κ2) is 6.60. The summed E-state index contributed by atoms with van der Waals surface area (Å²) in [6, 6.07) is 2.11. The van der Waals surface area contributed by atoms with Crippen LogP contribution in [0, 0.1) is 5.92 Å². The second-order valence-electron chi connectivity index (χ2n) is 6.70. The molecular weight excluding hydrogens is 276 g/mol. The molecule has 0 aliphatic carbocycles. The van der Waals surface area contributed by atoms with Gasteiger partial charge in [0.25, 0.3) is 0 Å². The van der Waals surface area contributed by atoms with Crippen LogP contribution in [0.1, 0.15) is 44.7 Å². The minimum absolute atomic E-state index is 0.390. The number of likely N-dealkylation sites (tertiary alicyclic amines) is 1. The van der Waals surface area contributed by atoms with Gasteiger partial charge in [-0.05, 0) is 57.3 Å². The summed E-state index contributed by atoms with van der Waals surface area (Å²) < 4.78 is 1.77. The van der Waals surface area contributed by atoms with Crippen molar-refractivity contribution in [1.29, 1.82) is 0 Å². The predicted octanol–water partition coefficient (Wildman–Crippen LogP) is 2.39. The molecule has 0 spiro atoms. The highest BCUT2D eigenvalue weighted by atomic mass is 15.3. The maximum atomic E-state index is 4.55. The fourth-order valence-corrected chi connectivity index (χ4v) is 3.02. The second-order valence-corrected chi connectivity index (χ2v) is 6.70. The third-order valence-electron chi connectivity index (χ3n) is 4.58. The maximum Gasteiger partial charge on any atom is 0.200 e. The SMILES string of the molecule is CC(C)c1cc(NCCC2CCN(C)CC2)c2nncn2n1. The van der Waals surface area contributed by atoms with Crippen LogP contribution in [0.25, 0.3) is 5.65 Å². The molecule has 0 unspecified atom stereocenters. The van der Waals surface area contributed by atoms with E-state index in [9.17, 15) is 0 Å². The summed E-state index contributed by atoms with van der Waals surface area (Å²) in [7, 11) is 2.21. The number of aromatic nitrogens is 4. The summed E-state index contributed by atoms with van der Waals surface area (Å²) in [5.74, 6) is 1.23. The van der Waals surface area contributed by atoms with Crippen molar-refractivity contribution in [2.24, 2.45) is 5.92 Å². The van der Waals surface area contributed by atoms with Gasteiger partial charge in [0.1, 0.15) is 6.33 Å². The molecular formula is C16H26N6. The quantitative estimate of drug-likeness (QED) is 0.919. The summed E-state index contributed by atoms with van der Waals surface area (Å²) in [6.07, 6.45) is 5.51. The Hall–Kier alpha value is -1.69. The lowest BCUT2D eigenvalue weighted by Gasteiger charge is -2.29. The van der Waals surface area contributed by atoms with E-state index in [4.69, 9.17) is 0 Å². The van der Waals surface area contributed by atoms with E-state index in [1.165, 1.54) is 32.4 Å². The number of rotatable bonds is 5. The number of hydrogen-bond donors (Lipinski definition) is 1. The lowest BCUT2D eigenvalue weighted by molar-refractivity contribution is 0.215. The Morgan fingerprint density at radius 1 is 1.32 bits per heavy atom. The maximum absolute atomic E-state index is 4.55. The number of hydrogen-bond acceptors (Lipinski definition) is 5. The van der Waals surface area contributed by atoms with Gasteiger partial charge in [-0.1, -0.05) is 13.8 Å². The van der Waals surface area contributed by atoms with Gasteiger partial charge < -0.3 is 10.2 Å². The van der Waals surface area contributed by atoms with Crippen LogP contribution < -0.4 is 5.32 Å². The first kappa shape index (κ1) is 15.2. The normalized spacial score (nSPS) is 17.5. The summed E-state index contributed by atoms with van der Waals surface area (Å²) in [5.41, 5.74) is 2.92. The Morgan fingerprint density at radius 3 is 2.82 bits per heavy atom. The van der Waals surface area contributed by atoms with E-state index in [2.05, 4.69) is 52.5 Å². The fourth-order valence-electron chi connectivity index (χ4n) is 3.02. The largest absolute Gasteiger partial charge is 0.382 e. The van der Waals surface area contributed by atoms with E-state index in [1.54, 1.807) is 10.8 Å². The highest BCUT2D eigenvalue weighted by Gasteiger charge is 2.16. The zero-order valence-electron chi connectivity index (χ0n) is 13.8. The first-order valence-electron chi connectivity index (χ1n) is 8.27. The Bertz CT molecular complexity index is 612. The molecule has 6 heteroatoms. The molecule has 2 aromatic rings. The number of nitrogens with one attached hydrogen (secondary N) is 1. The average molecular weight is 302 g/mol. The molecule has 2 aromatic heterocycles. The Labute approximate surface area is 131 Å². The van der Waals surface area contributed by atoms with E-state index >= 15 is 0 Å². The molecule has 0 atom stereocenters. The van der Waals surface area contributed by atoms with Crippen molar-refractivity contribution < 1.29 is 0 Å². The van der Waals surface area contributed by atoms with Crippen LogP contribution >= 0.6 is 0 Å². The Balaban J connectivity index is 1.64. The third kappa shape index (κ3) is 3.38. The first-order valence-corrected chi connectivity index (χ1v) is 8.27. The molecule has 0 radical (unpaired) electrons. The van der Waals surface area contributed by atoms with E-state index < -0.39 is 0 Å². The predicted molar refractivity (Wildman–Crippen MR) is 88.2 cm³/mol. The molecule has 1 aliphatic heterocycles. The lowest BCUT2D eigenvalue weighted by Crippen LogP contribution is -2.30. The third-order valence-corrected chi connectivity index (χ3v) is 4.58. The van der Waals surface area contributed by atoms with Crippen LogP contribution in [-0.2, 0) is 0 Å². The van der Waals surface area contributed by atoms with E-state index in [0.29, 0.717) is 5.92 Å². The van der Waals surface area contributed by atoms with Crippen molar-refractivity contribution in [3.8, 4) is 0 Å². The van der Waals surface area contributed by atoms with Crippen LogP contribution in [-0.4, -0.2) is 51.4 Å². The molecule has 0 aromatic carbocycles. The minimum Gasteiger partial charge on any atom is -0.382 e. The molecule has 1 aliphatic rings. The number of piperidine rings is 1. The Kier molecular flexibility index (Phi) is 4.57. The van der Waals surface area contributed by atoms with Crippen molar-refractivity contribution in [3.63, 3.8) is 0 Å². The molecule has 1 saturated heterocycles. The van der Waals surface area contributed by atoms with Crippen molar-refractivity contribution in [1.82, 2.24) is 24.7 Å². The molecule has 3 heterocycles. The lowest BCUT2D eigenvalue weighted by atomic mass is 9.94. The van der Waals surface area contributed by atoms with Crippen LogP contribution in [0.5, 0.6) is 0 Å². The zero-order valence-corrected chi connectivity index (χ0v) is 13.8. The van der Waals surface area contributed by atoms with Crippen LogP contribution in [0.3, 0.4) is 0 Å². The van der Waals surface area contributed by atoms with Gasteiger partial charge in [-0.2, -0.15) is 9.61 Å². The van der Waals surface area contributed by atoms with Gasteiger partial charge in [0, 0.05) is 6.54 Å². The average Bonchev–Trinajstić information content (AvgIpc) is 2.97. The summed E-state index contributed by atoms with van der Waals surface area (Å²) in [6.45, 7) is 7.75. The van der Waals surface area contributed by atoms with Gasteiger partial charge in [0.05, 0.1) is 11.4 Å². The molecule has 0 saturated carbocycles. The highest BCUT2D eigenvalue weighted by molar-refractivity contribution is 5.66. The molecule has 1 N–H and O–H groups in total. The summed E-state index contributed by atoms with van der Waals surface area (Å²) in [4.78, 5) is 2.42. The van der Waals surface area contributed by atoms with Crippen molar-refractivity contribution >= 4 is 11.3 Å². The number of anilines is 1. The highest BCUT2D eigenvalue weighted by Crippen LogP contribution is 2.22. The van der Waals surface area contributed by atoms with E-state index in [1.807, 2.05) is 0 Å². The molecule has 120 valence electrons. The van der Waals surface area contributed by atoms with Crippen molar-refractivity contribution in [3.05, 3.63) is 18.1 Å². The van der Waals surface area contributed by atoms with Crippen LogP contribution in [0.2, 0.25) is 0 Å². The van der Waals surface area contributed by atoms with Crippen LogP contribution in [0.15, 0.2) is 12.4 Å². The topological polar surface area (TPSA) is 58.3 Å². The standard InChI is InChI=1S/C16H26N6/c1-12(2)14-10-15(16-19-18-11-22(16)20-14)17-7-4-13-5-8-21(3)9-6-13/h10-13,17H,4-9H2,1-3H3. The van der Waals surface area contributed by atoms with Crippen molar-refractivity contribution in [2.75, 3.05) is 32.0 Å². The smallest absolute Gasteiger partial charge is 0.200 e. The monoisotopic (exact) mass is 302 g/mol. The molecule has 6 nitrogen and oxygen atoms in total. The Morgan fingerprint density at radius 2 is 2.09 bits per heavy atom. The number of nitrogens with zero attached hydrogens (tertiary/aromatic N) is 5. The fraction of sp³-hybridized carbons (Fsp3) is 0.688. The van der Waals surface area contributed by atoms with Crippen LogP contribution in [0.4, 0.5) is 5.69 Å². The molecule has 22 heavy (non-hydrogen) atoms. The molecule has 1 fully saturated rings. The summed E-state index contributed by atoms with van der Waals surface area (Å²) >= 11 is 0. The van der Waals surface area contributed by atoms with Gasteiger partial charge in [-0.15, -0.1) is 10.2 Å². The van der Waals surface area contributed by atoms with Gasteiger partial charge >= 0.3 is 0 Å². The van der Waals surface area contributed by atoms with Gasteiger partial charge in [-0.3, -0.25) is 0 Å². The molecule has 0 amide bonds. The zero-order chi connectivity index (χ0) is 15.5. The molecule has 3 rings (SSSR count). The van der Waals surface area contributed by atoms with Gasteiger partial charge in [-0.25, -0.2) is 0 Å². The minimum atomic E-state index is 0.390. The van der Waals surface area contributed by atoms with Gasteiger partial charge in [0.2, 0.25) is 5.65 Å². The molecule has 0 bridgehead atoms. The van der Waals surface area contributed by atoms with E-state index in [0.717, 1.165) is 29.5 Å². The van der Waals surface area contributed by atoms with Crippen molar-refractivity contribution in [2.45, 2.75) is 39.0 Å². The number of fused-ring (bicyclic) bond motifs is 1. The van der Waals surface area contributed by atoms with Gasteiger partial charge in [0.15, 0.2) is 0 Å². The summed E-state index contributed by atoms with van der Waals surface area (Å²) in [5, 5.41) is 16.2. The first-order chi connectivity index (χ1) is 10.6.